The second-order valence-electron chi connectivity index (χ2n) is 2.25. The summed E-state index contributed by atoms with van der Waals surface area (Å²) in [7, 11) is 0. The Morgan fingerprint density at radius 3 is 2.50 bits per heavy atom. The topological polar surface area (TPSA) is 46.5 Å². The number of halogens is 3. The molecule has 0 amide bonds. The number of rotatable bonds is 5. The lowest BCUT2D eigenvalue weighted by molar-refractivity contribution is -0.161. The van der Waals surface area contributed by atoms with Crippen LogP contribution in [-0.4, -0.2) is 28.6 Å². The molecule has 12 heavy (non-hydrogen) atoms. The van der Waals surface area contributed by atoms with E-state index in [1.807, 2.05) is 0 Å². The van der Waals surface area contributed by atoms with E-state index in [2.05, 4.69) is 20.7 Å². The van der Waals surface area contributed by atoms with Crippen LogP contribution in [0, 0.1) is 0 Å². The van der Waals surface area contributed by atoms with Crippen molar-refractivity contribution in [3.05, 3.63) is 0 Å². The van der Waals surface area contributed by atoms with Gasteiger partial charge in [-0.3, -0.25) is 4.79 Å². The molecule has 0 aromatic carbocycles. The number of aliphatic carboxylic acids is 1. The molecule has 0 bridgehead atoms. The van der Waals surface area contributed by atoms with Crippen molar-refractivity contribution in [1.82, 2.24) is 0 Å². The number of hydrogen-bond acceptors (Lipinski definition) is 2. The van der Waals surface area contributed by atoms with Gasteiger partial charge in [-0.2, -0.15) is 8.78 Å². The van der Waals surface area contributed by atoms with Crippen molar-refractivity contribution >= 4 is 21.9 Å². The van der Waals surface area contributed by atoms with Crippen LogP contribution in [0.3, 0.4) is 0 Å². The Bertz CT molecular complexity index is 154. The highest BCUT2D eigenvalue weighted by molar-refractivity contribution is 9.10. The van der Waals surface area contributed by atoms with E-state index in [0.717, 1.165) is 0 Å². The summed E-state index contributed by atoms with van der Waals surface area (Å²) in [5, 5.41) is 8.38. The van der Waals surface area contributed by atoms with Crippen LogP contribution in [0.4, 0.5) is 8.78 Å². The first kappa shape index (κ1) is 11.8. The molecule has 0 saturated carbocycles. The monoisotopic (exact) mass is 246 g/mol. The van der Waals surface area contributed by atoms with E-state index in [9.17, 15) is 13.6 Å². The molecule has 0 aliphatic rings. The Balaban J connectivity index is 3.68. The van der Waals surface area contributed by atoms with E-state index in [1.54, 1.807) is 0 Å². The smallest absolute Gasteiger partial charge is 0.345 e. The fourth-order valence-corrected chi connectivity index (χ4v) is 1.15. The number of ether oxygens (including phenoxy) is 1. The molecule has 3 nitrogen and oxygen atoms in total. The molecule has 0 saturated heterocycles. The maximum absolute atomic E-state index is 11.6. The van der Waals surface area contributed by atoms with Gasteiger partial charge in [0.15, 0.2) is 0 Å². The van der Waals surface area contributed by atoms with Gasteiger partial charge in [0.25, 0.3) is 0 Å². The number of hydrogen-bond donors (Lipinski definition) is 1. The molecule has 6 heteroatoms. The van der Waals surface area contributed by atoms with Gasteiger partial charge in [0, 0.05) is 0 Å². The van der Waals surface area contributed by atoms with Gasteiger partial charge in [-0.25, -0.2) is 0 Å². The lowest BCUT2D eigenvalue weighted by Crippen LogP contribution is -2.22. The van der Waals surface area contributed by atoms with Crippen molar-refractivity contribution in [2.24, 2.45) is 0 Å². The van der Waals surface area contributed by atoms with Gasteiger partial charge in [-0.15, -0.1) is 0 Å². The second-order valence-corrected chi connectivity index (χ2v) is 3.35. The molecule has 0 aliphatic carbocycles. The quantitative estimate of drug-likeness (QED) is 0.754. The summed E-state index contributed by atoms with van der Waals surface area (Å²) in [4.78, 5) is 9.39. The van der Waals surface area contributed by atoms with Gasteiger partial charge in [0.05, 0.1) is 6.10 Å². The summed E-state index contributed by atoms with van der Waals surface area (Å²) < 4.78 is 27.1. The van der Waals surface area contributed by atoms with E-state index in [4.69, 9.17) is 5.11 Å². The van der Waals surface area contributed by atoms with Crippen LogP contribution in [0.5, 0.6) is 0 Å². The zero-order chi connectivity index (χ0) is 9.72. The van der Waals surface area contributed by atoms with Gasteiger partial charge in [-0.05, 0) is 13.3 Å². The molecular weight excluding hydrogens is 238 g/mol. The Labute approximate surface area is 76.8 Å². The molecule has 72 valence electrons. The van der Waals surface area contributed by atoms with Crippen molar-refractivity contribution in [2.45, 2.75) is 30.9 Å². The Kier molecular flexibility index (Phi) is 5.32. The molecule has 0 aliphatic heterocycles. The minimum atomic E-state index is -2.85. The first-order valence-electron chi connectivity index (χ1n) is 3.24. The van der Waals surface area contributed by atoms with Crippen molar-refractivity contribution in [1.29, 1.82) is 0 Å². The molecule has 0 aromatic heterocycles. The van der Waals surface area contributed by atoms with E-state index in [1.165, 1.54) is 6.92 Å². The third-order valence-corrected chi connectivity index (χ3v) is 1.91. The van der Waals surface area contributed by atoms with Crippen molar-refractivity contribution in [3.8, 4) is 0 Å². The van der Waals surface area contributed by atoms with Gasteiger partial charge in [-0.1, -0.05) is 15.9 Å². The van der Waals surface area contributed by atoms with Crippen molar-refractivity contribution in [3.63, 3.8) is 0 Å². The Hall–Kier alpha value is -0.230. The summed E-state index contributed by atoms with van der Waals surface area (Å²) in [6, 6.07) is 0. The zero-order valence-corrected chi connectivity index (χ0v) is 7.92. The molecule has 0 radical (unpaired) electrons. The molecule has 2 atom stereocenters. The number of carbonyl (C=O) groups is 1. The van der Waals surface area contributed by atoms with Gasteiger partial charge in [0.1, 0.15) is 4.83 Å². The summed E-state index contributed by atoms with van der Waals surface area (Å²) in [5.74, 6) is -1.08. The predicted molar refractivity (Wildman–Crippen MR) is 41.5 cm³/mol. The molecule has 0 aromatic rings. The molecule has 2 unspecified atom stereocenters. The van der Waals surface area contributed by atoms with Crippen LogP contribution in [-0.2, 0) is 9.53 Å². The summed E-state index contributed by atoms with van der Waals surface area (Å²) in [6.07, 6.45) is -0.759. The standard InChI is InChI=1S/C6H9BrF2O3/c1-3(12-6(8)9)2-4(7)5(10)11/h3-4,6H,2H2,1H3,(H,10,11). The lowest BCUT2D eigenvalue weighted by atomic mass is 10.2. The summed E-state index contributed by atoms with van der Waals surface area (Å²) in [6.45, 7) is -1.46. The third-order valence-electron chi connectivity index (χ3n) is 1.14. The molecular formula is C6H9BrF2O3. The van der Waals surface area contributed by atoms with Crippen molar-refractivity contribution in [2.75, 3.05) is 0 Å². The van der Waals surface area contributed by atoms with Crippen LogP contribution in [0.1, 0.15) is 13.3 Å². The van der Waals surface area contributed by atoms with Crippen LogP contribution >= 0.6 is 15.9 Å². The normalized spacial score (nSPS) is 16.1. The Morgan fingerprint density at radius 1 is 1.67 bits per heavy atom. The van der Waals surface area contributed by atoms with E-state index < -0.39 is 23.5 Å². The minimum Gasteiger partial charge on any atom is -0.480 e. The molecule has 1 N–H and O–H groups in total. The fourth-order valence-electron chi connectivity index (χ4n) is 0.623. The molecule has 0 heterocycles. The van der Waals surface area contributed by atoms with E-state index >= 15 is 0 Å². The molecule has 0 spiro atoms. The predicted octanol–water partition coefficient (Wildman–Crippen LogP) is 1.85. The highest BCUT2D eigenvalue weighted by Crippen LogP contribution is 2.13. The first-order chi connectivity index (χ1) is 5.43. The second kappa shape index (κ2) is 5.42. The van der Waals surface area contributed by atoms with Crippen LogP contribution in [0.25, 0.3) is 0 Å². The number of alkyl halides is 3. The first-order valence-corrected chi connectivity index (χ1v) is 4.15. The Morgan fingerprint density at radius 2 is 2.17 bits per heavy atom. The van der Waals surface area contributed by atoms with E-state index in [0.29, 0.717) is 0 Å². The number of carboxylic acid groups (broad SMARTS) is 1. The fraction of sp³-hybridized carbons (Fsp3) is 0.833. The summed E-state index contributed by atoms with van der Waals surface area (Å²) in [5.41, 5.74) is 0. The maximum Gasteiger partial charge on any atom is 0.345 e. The average molecular weight is 247 g/mol. The van der Waals surface area contributed by atoms with E-state index in [-0.39, 0.29) is 6.42 Å². The van der Waals surface area contributed by atoms with Gasteiger partial charge >= 0.3 is 12.6 Å². The highest BCUT2D eigenvalue weighted by atomic mass is 79.9. The maximum atomic E-state index is 11.6. The van der Waals surface area contributed by atoms with Crippen LogP contribution < -0.4 is 0 Å². The summed E-state index contributed by atoms with van der Waals surface area (Å²) >= 11 is 2.81. The largest absolute Gasteiger partial charge is 0.480 e. The third kappa shape index (κ3) is 5.42. The van der Waals surface area contributed by atoms with Gasteiger partial charge < -0.3 is 9.84 Å². The zero-order valence-electron chi connectivity index (χ0n) is 6.34. The van der Waals surface area contributed by atoms with Crippen molar-refractivity contribution < 1.29 is 23.4 Å². The number of carboxylic acids is 1. The highest BCUT2D eigenvalue weighted by Gasteiger charge is 2.19. The SMILES string of the molecule is CC(CC(Br)C(=O)O)OC(F)F. The lowest BCUT2D eigenvalue weighted by Gasteiger charge is -2.13. The van der Waals surface area contributed by atoms with Gasteiger partial charge in [0.2, 0.25) is 0 Å². The van der Waals surface area contributed by atoms with Crippen LogP contribution in [0.2, 0.25) is 0 Å². The average Bonchev–Trinajstić information content (AvgIpc) is 1.84. The minimum absolute atomic E-state index is 0.0136. The molecule has 0 rings (SSSR count). The van der Waals surface area contributed by atoms with Crippen LogP contribution in [0.15, 0.2) is 0 Å². The molecule has 0 fully saturated rings.